The van der Waals surface area contributed by atoms with E-state index < -0.39 is 0 Å². The van der Waals surface area contributed by atoms with E-state index in [-0.39, 0.29) is 11.9 Å². The van der Waals surface area contributed by atoms with Crippen LogP contribution in [0.15, 0.2) is 54.6 Å². The van der Waals surface area contributed by atoms with Gasteiger partial charge in [0.05, 0.1) is 12.5 Å². The van der Waals surface area contributed by atoms with Crippen molar-refractivity contribution in [2.75, 3.05) is 0 Å². The number of amides is 1. The van der Waals surface area contributed by atoms with Gasteiger partial charge in [0.1, 0.15) is 0 Å². The lowest BCUT2D eigenvalue weighted by atomic mass is 10.1. The molecule has 1 amide bonds. The predicted molar refractivity (Wildman–Crippen MR) is 78.2 cm³/mol. The van der Waals surface area contributed by atoms with Crippen molar-refractivity contribution in [1.29, 1.82) is 0 Å². The molecule has 2 aromatic rings. The van der Waals surface area contributed by atoms with Gasteiger partial charge in [-0.2, -0.15) is 0 Å². The van der Waals surface area contributed by atoms with Gasteiger partial charge in [-0.05, 0) is 30.2 Å². The Morgan fingerprint density at radius 3 is 2.58 bits per heavy atom. The number of benzene rings is 2. The van der Waals surface area contributed by atoms with Crippen molar-refractivity contribution in [1.82, 2.24) is 5.32 Å². The van der Waals surface area contributed by atoms with Crippen molar-refractivity contribution in [3.63, 3.8) is 0 Å². The topological polar surface area (TPSA) is 29.1 Å². The molecular weight excluding hydrogens is 258 g/mol. The van der Waals surface area contributed by atoms with E-state index in [2.05, 4.69) is 5.32 Å². The summed E-state index contributed by atoms with van der Waals surface area (Å²) in [6.45, 7) is 1.98. The van der Waals surface area contributed by atoms with Gasteiger partial charge in [-0.1, -0.05) is 54.1 Å². The minimum absolute atomic E-state index is 0.00128. The Morgan fingerprint density at radius 2 is 1.89 bits per heavy atom. The molecule has 1 N–H and O–H groups in total. The van der Waals surface area contributed by atoms with Crippen molar-refractivity contribution in [2.24, 2.45) is 0 Å². The van der Waals surface area contributed by atoms with E-state index >= 15 is 0 Å². The normalized spacial score (nSPS) is 11.9. The van der Waals surface area contributed by atoms with Crippen LogP contribution in [0.3, 0.4) is 0 Å². The molecule has 0 fully saturated rings. The second-order valence-corrected chi connectivity index (χ2v) is 4.94. The van der Waals surface area contributed by atoms with E-state index in [0.717, 1.165) is 11.1 Å². The van der Waals surface area contributed by atoms with E-state index in [1.165, 1.54) is 0 Å². The maximum absolute atomic E-state index is 12.0. The van der Waals surface area contributed by atoms with Crippen molar-refractivity contribution in [2.45, 2.75) is 19.4 Å². The lowest BCUT2D eigenvalue weighted by Gasteiger charge is -2.14. The average Bonchev–Trinajstić information content (AvgIpc) is 2.39. The zero-order chi connectivity index (χ0) is 13.7. The number of hydrogen-bond acceptors (Lipinski definition) is 1. The van der Waals surface area contributed by atoms with E-state index in [0.29, 0.717) is 11.4 Å². The van der Waals surface area contributed by atoms with Crippen molar-refractivity contribution >= 4 is 17.5 Å². The smallest absolute Gasteiger partial charge is 0.224 e. The fourth-order valence-corrected chi connectivity index (χ4v) is 2.16. The molecule has 0 aliphatic carbocycles. The number of nitrogens with one attached hydrogen (secondary N) is 1. The Labute approximate surface area is 118 Å². The van der Waals surface area contributed by atoms with Crippen LogP contribution < -0.4 is 5.32 Å². The molecule has 0 saturated carbocycles. The number of hydrogen-bond donors (Lipinski definition) is 1. The summed E-state index contributed by atoms with van der Waals surface area (Å²) in [4.78, 5) is 12.0. The van der Waals surface area contributed by atoms with Gasteiger partial charge < -0.3 is 5.32 Å². The Hall–Kier alpha value is -1.80. The van der Waals surface area contributed by atoms with Crippen LogP contribution in [0.1, 0.15) is 24.1 Å². The van der Waals surface area contributed by atoms with Crippen molar-refractivity contribution in [3.05, 3.63) is 70.7 Å². The monoisotopic (exact) mass is 273 g/mol. The molecular formula is C16H16ClNO. The van der Waals surface area contributed by atoms with Crippen LogP contribution in [0.2, 0.25) is 5.02 Å². The van der Waals surface area contributed by atoms with Gasteiger partial charge in [0.15, 0.2) is 0 Å². The minimum atomic E-state index is -0.00128. The molecule has 2 nitrogen and oxygen atoms in total. The predicted octanol–water partition coefficient (Wildman–Crippen LogP) is 3.76. The van der Waals surface area contributed by atoms with Crippen LogP contribution in [0.5, 0.6) is 0 Å². The van der Waals surface area contributed by atoms with Crippen LogP contribution >= 0.6 is 11.6 Å². The fraction of sp³-hybridized carbons (Fsp3) is 0.188. The molecule has 2 rings (SSSR count). The first-order valence-electron chi connectivity index (χ1n) is 6.24. The summed E-state index contributed by atoms with van der Waals surface area (Å²) in [6, 6.07) is 17.3. The van der Waals surface area contributed by atoms with Crippen LogP contribution in [-0.2, 0) is 11.2 Å². The summed E-state index contributed by atoms with van der Waals surface area (Å²) in [5, 5.41) is 3.64. The second-order valence-electron chi connectivity index (χ2n) is 4.51. The van der Waals surface area contributed by atoms with Gasteiger partial charge in [-0.25, -0.2) is 0 Å². The van der Waals surface area contributed by atoms with Crippen LogP contribution in [0.4, 0.5) is 0 Å². The van der Waals surface area contributed by atoms with Gasteiger partial charge in [0.25, 0.3) is 0 Å². The van der Waals surface area contributed by atoms with Gasteiger partial charge >= 0.3 is 0 Å². The molecule has 3 heteroatoms. The summed E-state index contributed by atoms with van der Waals surface area (Å²) in [5.41, 5.74) is 2.02. The Morgan fingerprint density at radius 1 is 1.16 bits per heavy atom. The standard InChI is InChI=1S/C16H16ClNO/c1-12(14-7-3-2-4-8-14)18-16(19)11-13-6-5-9-15(17)10-13/h2-10,12H,11H2,1H3,(H,18,19)/t12-/m1/s1. The molecule has 0 spiro atoms. The zero-order valence-corrected chi connectivity index (χ0v) is 11.5. The van der Waals surface area contributed by atoms with Gasteiger partial charge in [0.2, 0.25) is 5.91 Å². The Balaban J connectivity index is 1.95. The second kappa shape index (κ2) is 6.39. The summed E-state index contributed by atoms with van der Waals surface area (Å²) in [7, 11) is 0. The third-order valence-electron chi connectivity index (χ3n) is 2.93. The molecule has 1 atom stereocenters. The number of carbonyl (C=O) groups is 1. The first-order chi connectivity index (χ1) is 9.15. The zero-order valence-electron chi connectivity index (χ0n) is 10.8. The van der Waals surface area contributed by atoms with Gasteiger partial charge in [0, 0.05) is 5.02 Å². The molecule has 0 aromatic heterocycles. The van der Waals surface area contributed by atoms with Gasteiger partial charge in [-0.3, -0.25) is 4.79 Å². The van der Waals surface area contributed by atoms with E-state index in [1.807, 2.05) is 55.5 Å². The van der Waals surface area contributed by atoms with Crippen molar-refractivity contribution in [3.8, 4) is 0 Å². The minimum Gasteiger partial charge on any atom is -0.349 e. The quantitative estimate of drug-likeness (QED) is 0.903. The highest BCUT2D eigenvalue weighted by molar-refractivity contribution is 6.30. The van der Waals surface area contributed by atoms with Crippen LogP contribution in [0.25, 0.3) is 0 Å². The maximum Gasteiger partial charge on any atom is 0.224 e. The van der Waals surface area contributed by atoms with Gasteiger partial charge in [-0.15, -0.1) is 0 Å². The molecule has 0 heterocycles. The molecule has 98 valence electrons. The fourth-order valence-electron chi connectivity index (χ4n) is 1.95. The molecule has 0 saturated heterocycles. The highest BCUT2D eigenvalue weighted by Gasteiger charge is 2.09. The first kappa shape index (κ1) is 13.6. The Bertz CT molecular complexity index is 554. The number of carbonyl (C=O) groups excluding carboxylic acids is 1. The highest BCUT2D eigenvalue weighted by atomic mass is 35.5. The molecule has 0 radical (unpaired) electrons. The highest BCUT2D eigenvalue weighted by Crippen LogP contribution is 2.13. The summed E-state index contributed by atoms with van der Waals surface area (Å²) < 4.78 is 0. The largest absolute Gasteiger partial charge is 0.349 e. The number of halogens is 1. The average molecular weight is 274 g/mol. The lowest BCUT2D eigenvalue weighted by Crippen LogP contribution is -2.28. The SMILES string of the molecule is C[C@@H](NC(=O)Cc1cccc(Cl)c1)c1ccccc1. The third-order valence-corrected chi connectivity index (χ3v) is 3.17. The van der Waals surface area contributed by atoms with E-state index in [9.17, 15) is 4.79 Å². The molecule has 0 unspecified atom stereocenters. The van der Waals surface area contributed by atoms with Crippen LogP contribution in [0, 0.1) is 0 Å². The Kier molecular flexibility index (Phi) is 4.58. The van der Waals surface area contributed by atoms with Crippen molar-refractivity contribution < 1.29 is 4.79 Å². The first-order valence-corrected chi connectivity index (χ1v) is 6.61. The maximum atomic E-state index is 12.0. The third kappa shape index (κ3) is 4.11. The van der Waals surface area contributed by atoms with Crippen LogP contribution in [-0.4, -0.2) is 5.91 Å². The molecule has 0 bridgehead atoms. The summed E-state index contributed by atoms with van der Waals surface area (Å²) >= 11 is 5.90. The molecule has 0 aliphatic heterocycles. The number of rotatable bonds is 4. The molecule has 19 heavy (non-hydrogen) atoms. The summed E-state index contributed by atoms with van der Waals surface area (Å²) in [5.74, 6) is -0.00128. The van der Waals surface area contributed by atoms with E-state index in [4.69, 9.17) is 11.6 Å². The molecule has 0 aliphatic rings. The lowest BCUT2D eigenvalue weighted by molar-refractivity contribution is -0.121. The van der Waals surface area contributed by atoms with E-state index in [1.54, 1.807) is 6.07 Å². The molecule has 2 aromatic carbocycles. The summed E-state index contributed by atoms with van der Waals surface area (Å²) in [6.07, 6.45) is 0.345.